The average Bonchev–Trinajstić information content (AvgIpc) is 2.95. The van der Waals surface area contributed by atoms with Gasteiger partial charge in [-0.25, -0.2) is 0 Å². The molecule has 2 rings (SSSR count). The van der Waals surface area contributed by atoms with Crippen LogP contribution in [-0.4, -0.2) is 51.2 Å². The highest BCUT2D eigenvalue weighted by molar-refractivity contribution is 5.82. The van der Waals surface area contributed by atoms with Crippen LogP contribution in [0.5, 0.6) is 11.5 Å². The molecular weight excluding hydrogens is 268 g/mol. The number of ether oxygens (including phenoxy) is 2. The summed E-state index contributed by atoms with van der Waals surface area (Å²) in [5, 5.41) is 3.25. The SMILES string of the molecule is COc1ccccc1OCCN(C)C(=O)[C@@]1(C)CCNC1. The predicted octanol–water partition coefficient (Wildman–Crippen LogP) is 1.53. The minimum absolute atomic E-state index is 0.177. The van der Waals surface area contributed by atoms with E-state index in [1.807, 2.05) is 38.2 Å². The Morgan fingerprint density at radius 1 is 1.38 bits per heavy atom. The largest absolute Gasteiger partial charge is 0.493 e. The Labute approximate surface area is 126 Å². The van der Waals surface area contributed by atoms with Crippen molar-refractivity contribution >= 4 is 5.91 Å². The highest BCUT2D eigenvalue weighted by atomic mass is 16.5. The first kappa shape index (κ1) is 15.6. The molecule has 0 unspecified atom stereocenters. The maximum atomic E-state index is 12.4. The quantitative estimate of drug-likeness (QED) is 0.864. The van der Waals surface area contributed by atoms with Crippen LogP contribution in [0.4, 0.5) is 0 Å². The molecule has 5 heteroatoms. The third-order valence-corrected chi connectivity index (χ3v) is 3.99. The van der Waals surface area contributed by atoms with Crippen LogP contribution in [0, 0.1) is 5.41 Å². The Kier molecular flexibility index (Phi) is 5.07. The first-order valence-corrected chi connectivity index (χ1v) is 7.29. The number of carbonyl (C=O) groups is 1. The molecule has 1 fully saturated rings. The zero-order chi connectivity index (χ0) is 15.3. The summed E-state index contributed by atoms with van der Waals surface area (Å²) in [6, 6.07) is 7.52. The van der Waals surface area contributed by atoms with Crippen molar-refractivity contribution < 1.29 is 14.3 Å². The maximum absolute atomic E-state index is 12.4. The molecule has 21 heavy (non-hydrogen) atoms. The van der Waals surface area contributed by atoms with Gasteiger partial charge in [0.05, 0.1) is 19.1 Å². The lowest BCUT2D eigenvalue weighted by Gasteiger charge is -2.28. The predicted molar refractivity (Wildman–Crippen MR) is 81.7 cm³/mol. The van der Waals surface area contributed by atoms with E-state index in [1.54, 1.807) is 12.0 Å². The van der Waals surface area contributed by atoms with Gasteiger partial charge in [0, 0.05) is 13.6 Å². The summed E-state index contributed by atoms with van der Waals surface area (Å²) >= 11 is 0. The monoisotopic (exact) mass is 292 g/mol. The van der Waals surface area contributed by atoms with Crippen molar-refractivity contribution in [2.24, 2.45) is 5.41 Å². The zero-order valence-electron chi connectivity index (χ0n) is 13.0. The van der Waals surface area contributed by atoms with E-state index < -0.39 is 0 Å². The van der Waals surface area contributed by atoms with Gasteiger partial charge in [0.2, 0.25) is 5.91 Å². The lowest BCUT2D eigenvalue weighted by molar-refractivity contribution is -0.139. The number of nitrogens with zero attached hydrogens (tertiary/aromatic N) is 1. The van der Waals surface area contributed by atoms with Crippen molar-refractivity contribution in [2.45, 2.75) is 13.3 Å². The van der Waals surface area contributed by atoms with Crippen LogP contribution in [0.25, 0.3) is 0 Å². The lowest BCUT2D eigenvalue weighted by Crippen LogP contribution is -2.43. The van der Waals surface area contributed by atoms with Crippen molar-refractivity contribution in [3.05, 3.63) is 24.3 Å². The Balaban J connectivity index is 1.84. The second kappa shape index (κ2) is 6.80. The van der Waals surface area contributed by atoms with Crippen molar-refractivity contribution in [2.75, 3.05) is 40.4 Å². The second-order valence-corrected chi connectivity index (χ2v) is 5.71. The molecule has 1 amide bonds. The second-order valence-electron chi connectivity index (χ2n) is 5.71. The average molecular weight is 292 g/mol. The maximum Gasteiger partial charge on any atom is 0.229 e. The molecule has 1 N–H and O–H groups in total. The van der Waals surface area contributed by atoms with E-state index in [0.29, 0.717) is 24.7 Å². The number of nitrogens with one attached hydrogen (secondary N) is 1. The highest BCUT2D eigenvalue weighted by Gasteiger charge is 2.38. The van der Waals surface area contributed by atoms with E-state index in [0.717, 1.165) is 19.5 Å². The first-order chi connectivity index (χ1) is 10.1. The summed E-state index contributed by atoms with van der Waals surface area (Å²) in [6.07, 6.45) is 0.892. The van der Waals surface area contributed by atoms with Crippen molar-refractivity contribution in [3.63, 3.8) is 0 Å². The van der Waals surface area contributed by atoms with Gasteiger partial charge in [-0.2, -0.15) is 0 Å². The summed E-state index contributed by atoms with van der Waals surface area (Å²) in [5.74, 6) is 1.59. The van der Waals surface area contributed by atoms with E-state index >= 15 is 0 Å². The molecule has 0 aromatic heterocycles. The van der Waals surface area contributed by atoms with Gasteiger partial charge in [-0.15, -0.1) is 0 Å². The number of methoxy groups -OCH3 is 1. The number of likely N-dealkylation sites (N-methyl/N-ethyl adjacent to an activating group) is 1. The van der Waals surface area contributed by atoms with E-state index in [2.05, 4.69) is 5.32 Å². The molecule has 1 aliphatic rings. The number of amides is 1. The van der Waals surface area contributed by atoms with Crippen LogP contribution < -0.4 is 14.8 Å². The van der Waals surface area contributed by atoms with Gasteiger partial charge in [-0.3, -0.25) is 4.79 Å². The highest BCUT2D eigenvalue weighted by Crippen LogP contribution is 2.27. The number of hydrogen-bond acceptors (Lipinski definition) is 4. The molecule has 1 heterocycles. The topological polar surface area (TPSA) is 50.8 Å². The molecule has 5 nitrogen and oxygen atoms in total. The van der Waals surface area contributed by atoms with Crippen LogP contribution >= 0.6 is 0 Å². The third kappa shape index (κ3) is 3.67. The Morgan fingerprint density at radius 2 is 2.10 bits per heavy atom. The number of para-hydroxylation sites is 2. The fraction of sp³-hybridized carbons (Fsp3) is 0.562. The van der Waals surface area contributed by atoms with Crippen molar-refractivity contribution in [1.29, 1.82) is 0 Å². The number of benzene rings is 1. The van der Waals surface area contributed by atoms with Crippen molar-refractivity contribution in [3.8, 4) is 11.5 Å². The van der Waals surface area contributed by atoms with E-state index in [-0.39, 0.29) is 11.3 Å². The standard InChI is InChI=1S/C16H24N2O3/c1-16(8-9-17-12-16)15(19)18(2)10-11-21-14-7-5-4-6-13(14)20-3/h4-7,17H,8-12H2,1-3H3/t16-/m0/s1. The van der Waals surface area contributed by atoms with Gasteiger partial charge in [0.1, 0.15) is 6.61 Å². The van der Waals surface area contributed by atoms with Crippen molar-refractivity contribution in [1.82, 2.24) is 10.2 Å². The molecule has 0 radical (unpaired) electrons. The first-order valence-electron chi connectivity index (χ1n) is 7.29. The third-order valence-electron chi connectivity index (χ3n) is 3.99. The smallest absolute Gasteiger partial charge is 0.229 e. The zero-order valence-corrected chi connectivity index (χ0v) is 13.0. The Morgan fingerprint density at radius 3 is 2.71 bits per heavy atom. The van der Waals surface area contributed by atoms with Gasteiger partial charge >= 0.3 is 0 Å². The molecule has 116 valence electrons. The van der Waals surface area contributed by atoms with Gasteiger partial charge < -0.3 is 19.7 Å². The fourth-order valence-corrected chi connectivity index (χ4v) is 2.59. The van der Waals surface area contributed by atoms with Gasteiger partial charge in [-0.05, 0) is 32.0 Å². The minimum Gasteiger partial charge on any atom is -0.493 e. The van der Waals surface area contributed by atoms with Crippen LogP contribution in [0.3, 0.4) is 0 Å². The molecule has 1 aromatic rings. The summed E-state index contributed by atoms with van der Waals surface area (Å²) in [6.45, 7) is 4.70. The molecule has 1 atom stereocenters. The molecular formula is C16H24N2O3. The van der Waals surface area contributed by atoms with Gasteiger partial charge in [-0.1, -0.05) is 12.1 Å². The van der Waals surface area contributed by atoms with Gasteiger partial charge in [0.25, 0.3) is 0 Å². The number of hydrogen-bond donors (Lipinski definition) is 1. The molecule has 1 aliphatic heterocycles. The van der Waals surface area contributed by atoms with E-state index in [1.165, 1.54) is 0 Å². The van der Waals surface area contributed by atoms with Crippen LogP contribution in [0.15, 0.2) is 24.3 Å². The van der Waals surface area contributed by atoms with E-state index in [4.69, 9.17) is 9.47 Å². The molecule has 1 saturated heterocycles. The minimum atomic E-state index is -0.279. The summed E-state index contributed by atoms with van der Waals surface area (Å²) in [5.41, 5.74) is -0.279. The summed E-state index contributed by atoms with van der Waals surface area (Å²) in [7, 11) is 3.45. The molecule has 1 aromatic carbocycles. The fourth-order valence-electron chi connectivity index (χ4n) is 2.59. The Hall–Kier alpha value is -1.75. The Bertz CT molecular complexity index is 484. The number of carbonyl (C=O) groups excluding carboxylic acids is 1. The lowest BCUT2D eigenvalue weighted by atomic mass is 9.88. The summed E-state index contributed by atoms with van der Waals surface area (Å²) < 4.78 is 10.9. The van der Waals surface area contributed by atoms with Crippen LogP contribution in [-0.2, 0) is 4.79 Å². The van der Waals surface area contributed by atoms with Crippen LogP contribution in [0.1, 0.15) is 13.3 Å². The molecule has 0 spiro atoms. The molecule has 0 aliphatic carbocycles. The van der Waals surface area contributed by atoms with E-state index in [9.17, 15) is 4.79 Å². The van der Waals surface area contributed by atoms with Gasteiger partial charge in [0.15, 0.2) is 11.5 Å². The normalized spacial score (nSPS) is 21.1. The molecule has 0 bridgehead atoms. The molecule has 0 saturated carbocycles. The summed E-state index contributed by atoms with van der Waals surface area (Å²) in [4.78, 5) is 14.2. The number of rotatable bonds is 6. The van der Waals surface area contributed by atoms with Crippen LogP contribution in [0.2, 0.25) is 0 Å².